The second-order valence-electron chi connectivity index (χ2n) is 3.72. The molecule has 0 fully saturated rings. The largest absolute Gasteiger partial charge is 0.329 e. The Balaban J connectivity index is 2.21. The van der Waals surface area contributed by atoms with E-state index in [0.29, 0.717) is 0 Å². The van der Waals surface area contributed by atoms with Gasteiger partial charge in [-0.1, -0.05) is 30.3 Å². The van der Waals surface area contributed by atoms with Gasteiger partial charge in [0.15, 0.2) is 0 Å². The number of nitrogens with two attached hydrogens (primary N) is 1. The number of imidazole rings is 1. The first-order valence-electron chi connectivity index (χ1n) is 5.07. The summed E-state index contributed by atoms with van der Waals surface area (Å²) in [7, 11) is 0. The van der Waals surface area contributed by atoms with Crippen LogP contribution in [0.1, 0.15) is 24.2 Å². The van der Waals surface area contributed by atoms with E-state index in [1.807, 2.05) is 37.6 Å². The van der Waals surface area contributed by atoms with Crippen LogP contribution >= 0.6 is 0 Å². The average Bonchev–Trinajstić information content (AvgIpc) is 2.67. The van der Waals surface area contributed by atoms with E-state index in [0.717, 1.165) is 12.2 Å². The number of nitrogens with zero attached hydrogens (tertiary/aromatic N) is 2. The Morgan fingerprint density at radius 3 is 2.73 bits per heavy atom. The standard InChI is InChI=1S/C12H15N3/c1-10(13)12-7-14-9-15(12)8-11-5-3-2-4-6-11/h2-7,9-10H,8,13H2,1H3. The Hall–Kier alpha value is -1.61. The van der Waals surface area contributed by atoms with Gasteiger partial charge in [-0.05, 0) is 12.5 Å². The van der Waals surface area contributed by atoms with Crippen LogP contribution in [0.2, 0.25) is 0 Å². The van der Waals surface area contributed by atoms with Gasteiger partial charge in [0, 0.05) is 18.8 Å². The molecule has 1 unspecified atom stereocenters. The number of benzene rings is 1. The van der Waals surface area contributed by atoms with E-state index in [2.05, 4.69) is 21.7 Å². The van der Waals surface area contributed by atoms with Crippen molar-refractivity contribution in [1.29, 1.82) is 0 Å². The Kier molecular flexibility index (Phi) is 2.83. The predicted molar refractivity (Wildman–Crippen MR) is 60.4 cm³/mol. The van der Waals surface area contributed by atoms with E-state index < -0.39 is 0 Å². The maximum atomic E-state index is 5.85. The van der Waals surface area contributed by atoms with E-state index >= 15 is 0 Å². The lowest BCUT2D eigenvalue weighted by Crippen LogP contribution is -2.12. The molecule has 1 heterocycles. The Morgan fingerprint density at radius 1 is 1.33 bits per heavy atom. The molecule has 0 saturated heterocycles. The number of aromatic nitrogens is 2. The van der Waals surface area contributed by atoms with Crippen LogP contribution in [-0.2, 0) is 6.54 Å². The molecule has 2 rings (SSSR count). The summed E-state index contributed by atoms with van der Waals surface area (Å²) in [4.78, 5) is 4.12. The molecule has 3 heteroatoms. The molecule has 0 saturated carbocycles. The summed E-state index contributed by atoms with van der Waals surface area (Å²) in [6, 6.07) is 10.3. The molecule has 1 aromatic carbocycles. The number of rotatable bonds is 3. The normalized spacial score (nSPS) is 12.7. The van der Waals surface area contributed by atoms with E-state index in [1.165, 1.54) is 5.56 Å². The molecule has 3 nitrogen and oxygen atoms in total. The quantitative estimate of drug-likeness (QED) is 0.824. The van der Waals surface area contributed by atoms with Gasteiger partial charge in [-0.25, -0.2) is 4.98 Å². The smallest absolute Gasteiger partial charge is 0.0951 e. The molecule has 0 spiro atoms. The highest BCUT2D eigenvalue weighted by molar-refractivity contribution is 5.16. The first-order valence-corrected chi connectivity index (χ1v) is 5.07. The van der Waals surface area contributed by atoms with E-state index in [-0.39, 0.29) is 6.04 Å². The minimum Gasteiger partial charge on any atom is -0.329 e. The first-order chi connectivity index (χ1) is 7.27. The molecule has 0 aliphatic heterocycles. The fourth-order valence-corrected chi connectivity index (χ4v) is 1.62. The van der Waals surface area contributed by atoms with Crippen LogP contribution in [0.3, 0.4) is 0 Å². The third-order valence-corrected chi connectivity index (χ3v) is 2.41. The molecule has 0 amide bonds. The number of hydrogen-bond donors (Lipinski definition) is 1. The lowest BCUT2D eigenvalue weighted by molar-refractivity contribution is 0.674. The van der Waals surface area contributed by atoms with Crippen molar-refractivity contribution in [3.05, 3.63) is 54.1 Å². The van der Waals surface area contributed by atoms with Gasteiger partial charge in [0.25, 0.3) is 0 Å². The fourth-order valence-electron chi connectivity index (χ4n) is 1.62. The molecule has 1 aromatic heterocycles. The molecular weight excluding hydrogens is 186 g/mol. The van der Waals surface area contributed by atoms with Crippen molar-refractivity contribution in [2.45, 2.75) is 19.5 Å². The van der Waals surface area contributed by atoms with Crippen LogP contribution in [0, 0.1) is 0 Å². The summed E-state index contributed by atoms with van der Waals surface area (Å²) >= 11 is 0. The van der Waals surface area contributed by atoms with Crippen molar-refractivity contribution >= 4 is 0 Å². The van der Waals surface area contributed by atoms with Gasteiger partial charge in [-0.15, -0.1) is 0 Å². The zero-order valence-corrected chi connectivity index (χ0v) is 8.80. The van der Waals surface area contributed by atoms with Crippen molar-refractivity contribution in [3.63, 3.8) is 0 Å². The van der Waals surface area contributed by atoms with E-state index in [1.54, 1.807) is 0 Å². The third kappa shape index (κ3) is 2.25. The zero-order chi connectivity index (χ0) is 10.7. The second-order valence-corrected chi connectivity index (χ2v) is 3.72. The van der Waals surface area contributed by atoms with E-state index in [9.17, 15) is 0 Å². The summed E-state index contributed by atoms with van der Waals surface area (Å²) in [5, 5.41) is 0. The Morgan fingerprint density at radius 2 is 2.07 bits per heavy atom. The predicted octanol–water partition coefficient (Wildman–Crippen LogP) is 1.95. The van der Waals surface area contributed by atoms with Crippen molar-refractivity contribution in [1.82, 2.24) is 9.55 Å². The topological polar surface area (TPSA) is 43.8 Å². The summed E-state index contributed by atoms with van der Waals surface area (Å²) in [5.41, 5.74) is 8.18. The SMILES string of the molecule is CC(N)c1cncn1Cc1ccccc1. The monoisotopic (exact) mass is 201 g/mol. The molecule has 1 atom stereocenters. The van der Waals surface area contributed by atoms with Gasteiger partial charge in [-0.2, -0.15) is 0 Å². The highest BCUT2D eigenvalue weighted by Gasteiger charge is 2.06. The van der Waals surface area contributed by atoms with Gasteiger partial charge in [-0.3, -0.25) is 0 Å². The van der Waals surface area contributed by atoms with Crippen molar-refractivity contribution in [2.24, 2.45) is 5.73 Å². The summed E-state index contributed by atoms with van der Waals surface area (Å²) in [6.07, 6.45) is 3.65. The molecule has 0 aliphatic rings. The molecule has 78 valence electrons. The minimum absolute atomic E-state index is 0.0243. The maximum Gasteiger partial charge on any atom is 0.0951 e. The maximum absolute atomic E-state index is 5.85. The summed E-state index contributed by atoms with van der Waals surface area (Å²) in [5.74, 6) is 0. The van der Waals surface area contributed by atoms with Crippen LogP contribution in [-0.4, -0.2) is 9.55 Å². The lowest BCUT2D eigenvalue weighted by atomic mass is 10.2. The van der Waals surface area contributed by atoms with Crippen LogP contribution in [0.15, 0.2) is 42.9 Å². The second kappa shape index (κ2) is 4.28. The minimum atomic E-state index is 0.0243. The van der Waals surface area contributed by atoms with Gasteiger partial charge in [0.05, 0.1) is 12.0 Å². The van der Waals surface area contributed by atoms with Crippen LogP contribution in [0.25, 0.3) is 0 Å². The van der Waals surface area contributed by atoms with E-state index in [4.69, 9.17) is 5.73 Å². The van der Waals surface area contributed by atoms with Gasteiger partial charge in [0.1, 0.15) is 0 Å². The number of hydrogen-bond acceptors (Lipinski definition) is 2. The van der Waals surface area contributed by atoms with Crippen LogP contribution in [0.4, 0.5) is 0 Å². The molecule has 0 radical (unpaired) electrons. The Bertz CT molecular complexity index is 417. The molecular formula is C12H15N3. The first kappa shape index (κ1) is 9.93. The molecule has 2 aromatic rings. The van der Waals surface area contributed by atoms with Crippen molar-refractivity contribution in [3.8, 4) is 0 Å². The van der Waals surface area contributed by atoms with Crippen molar-refractivity contribution in [2.75, 3.05) is 0 Å². The third-order valence-electron chi connectivity index (χ3n) is 2.41. The lowest BCUT2D eigenvalue weighted by Gasteiger charge is -2.10. The molecule has 0 aliphatic carbocycles. The average molecular weight is 201 g/mol. The Labute approximate surface area is 89.6 Å². The van der Waals surface area contributed by atoms with Gasteiger partial charge < -0.3 is 10.3 Å². The van der Waals surface area contributed by atoms with Gasteiger partial charge in [0.2, 0.25) is 0 Å². The summed E-state index contributed by atoms with van der Waals surface area (Å²) < 4.78 is 2.08. The van der Waals surface area contributed by atoms with Crippen LogP contribution in [0.5, 0.6) is 0 Å². The highest BCUT2D eigenvalue weighted by atomic mass is 15.1. The van der Waals surface area contributed by atoms with Crippen LogP contribution < -0.4 is 5.73 Å². The highest BCUT2D eigenvalue weighted by Crippen LogP contribution is 2.11. The fraction of sp³-hybridized carbons (Fsp3) is 0.250. The zero-order valence-electron chi connectivity index (χ0n) is 8.80. The molecule has 2 N–H and O–H groups in total. The summed E-state index contributed by atoms with van der Waals surface area (Å²) in [6.45, 7) is 2.80. The van der Waals surface area contributed by atoms with Crippen molar-refractivity contribution < 1.29 is 0 Å². The molecule has 0 bridgehead atoms. The molecule has 15 heavy (non-hydrogen) atoms. The van der Waals surface area contributed by atoms with Gasteiger partial charge >= 0.3 is 0 Å².